The van der Waals surface area contributed by atoms with Gasteiger partial charge in [0.05, 0.1) is 11.7 Å². The van der Waals surface area contributed by atoms with Crippen molar-refractivity contribution in [2.45, 2.75) is 12.5 Å². The van der Waals surface area contributed by atoms with Crippen LogP contribution in [0.15, 0.2) is 54.7 Å². The molecule has 0 aliphatic carbocycles. The lowest BCUT2D eigenvalue weighted by atomic mass is 9.99. The van der Waals surface area contributed by atoms with Crippen molar-refractivity contribution in [1.82, 2.24) is 4.98 Å². The predicted octanol–water partition coefficient (Wildman–Crippen LogP) is 4.27. The van der Waals surface area contributed by atoms with E-state index in [0.29, 0.717) is 17.0 Å². The van der Waals surface area contributed by atoms with E-state index in [1.54, 1.807) is 18.3 Å². The summed E-state index contributed by atoms with van der Waals surface area (Å²) >= 11 is 6.06. The zero-order chi connectivity index (χ0) is 14.8. The fraction of sp³-hybridized carbons (Fsp3) is 0.118. The fourth-order valence-corrected chi connectivity index (χ4v) is 2.72. The van der Waals surface area contributed by atoms with Gasteiger partial charge in [0.15, 0.2) is 0 Å². The second kappa shape index (κ2) is 5.80. The summed E-state index contributed by atoms with van der Waals surface area (Å²) in [5.74, 6) is -0.335. The molecule has 2 aromatic carbocycles. The third-order valence-corrected chi connectivity index (χ3v) is 3.90. The minimum Gasteiger partial charge on any atom is -0.322 e. The van der Waals surface area contributed by atoms with Gasteiger partial charge < -0.3 is 5.73 Å². The molecule has 0 saturated heterocycles. The Morgan fingerprint density at radius 1 is 1.10 bits per heavy atom. The number of benzene rings is 2. The Morgan fingerprint density at radius 2 is 1.90 bits per heavy atom. The Kier molecular flexibility index (Phi) is 3.86. The summed E-state index contributed by atoms with van der Waals surface area (Å²) in [6.45, 7) is 0. The minimum absolute atomic E-state index is 0.312. The van der Waals surface area contributed by atoms with Gasteiger partial charge >= 0.3 is 0 Å². The highest BCUT2D eigenvalue weighted by atomic mass is 35.5. The topological polar surface area (TPSA) is 38.9 Å². The van der Waals surface area contributed by atoms with Crippen LogP contribution in [0.5, 0.6) is 0 Å². The molecular weight excluding hydrogens is 287 g/mol. The molecular formula is C17H14ClFN2. The van der Waals surface area contributed by atoms with Crippen LogP contribution in [-0.2, 0) is 6.42 Å². The predicted molar refractivity (Wildman–Crippen MR) is 83.8 cm³/mol. The number of halogens is 2. The first-order valence-electron chi connectivity index (χ1n) is 6.69. The van der Waals surface area contributed by atoms with Gasteiger partial charge in [0, 0.05) is 22.2 Å². The maximum absolute atomic E-state index is 13.9. The molecule has 0 spiro atoms. The lowest BCUT2D eigenvalue weighted by Gasteiger charge is -2.15. The van der Waals surface area contributed by atoms with Gasteiger partial charge in [0.2, 0.25) is 0 Å². The molecule has 1 unspecified atom stereocenters. The Labute approximate surface area is 127 Å². The molecule has 1 atom stereocenters. The molecule has 3 rings (SSSR count). The lowest BCUT2D eigenvalue weighted by molar-refractivity contribution is 0.591. The normalized spacial score (nSPS) is 12.5. The molecule has 106 valence electrons. The average molecular weight is 301 g/mol. The summed E-state index contributed by atoms with van der Waals surface area (Å²) < 4.78 is 13.9. The molecule has 0 radical (unpaired) electrons. The van der Waals surface area contributed by atoms with E-state index in [4.69, 9.17) is 17.3 Å². The minimum atomic E-state index is -0.412. The molecule has 0 amide bonds. The molecule has 21 heavy (non-hydrogen) atoms. The summed E-state index contributed by atoms with van der Waals surface area (Å²) in [6, 6.07) is 14.1. The van der Waals surface area contributed by atoms with Gasteiger partial charge in [-0.25, -0.2) is 4.39 Å². The largest absolute Gasteiger partial charge is 0.322 e. The Morgan fingerprint density at radius 3 is 2.71 bits per heavy atom. The number of fused-ring (bicyclic) bond motifs is 1. The molecule has 2 nitrogen and oxygen atoms in total. The fourth-order valence-electron chi connectivity index (χ4n) is 2.48. The molecule has 1 heterocycles. The van der Waals surface area contributed by atoms with Crippen molar-refractivity contribution in [2.75, 3.05) is 0 Å². The Balaban J connectivity index is 2.00. The number of aromatic nitrogens is 1. The van der Waals surface area contributed by atoms with E-state index in [0.717, 1.165) is 16.5 Å². The summed E-state index contributed by atoms with van der Waals surface area (Å²) in [4.78, 5) is 4.37. The third kappa shape index (κ3) is 2.75. The van der Waals surface area contributed by atoms with E-state index in [-0.39, 0.29) is 5.82 Å². The molecule has 2 N–H and O–H groups in total. The molecule has 4 heteroatoms. The van der Waals surface area contributed by atoms with Crippen molar-refractivity contribution < 1.29 is 4.39 Å². The SMILES string of the molecule is NC(Cc1c(F)cccc1Cl)c1nccc2ccccc12. The molecule has 0 bridgehead atoms. The van der Waals surface area contributed by atoms with Crippen LogP contribution in [-0.4, -0.2) is 4.98 Å². The number of nitrogens with zero attached hydrogens (tertiary/aromatic N) is 1. The first-order valence-corrected chi connectivity index (χ1v) is 7.06. The molecule has 1 aromatic heterocycles. The highest BCUT2D eigenvalue weighted by Gasteiger charge is 2.16. The van der Waals surface area contributed by atoms with E-state index < -0.39 is 6.04 Å². The lowest BCUT2D eigenvalue weighted by Crippen LogP contribution is -2.16. The zero-order valence-electron chi connectivity index (χ0n) is 11.3. The molecule has 0 saturated carbocycles. The van der Waals surface area contributed by atoms with E-state index in [2.05, 4.69) is 4.98 Å². The van der Waals surface area contributed by atoms with Crippen LogP contribution in [0.25, 0.3) is 10.8 Å². The van der Waals surface area contributed by atoms with Crippen LogP contribution in [0, 0.1) is 5.82 Å². The van der Waals surface area contributed by atoms with Crippen molar-refractivity contribution in [2.24, 2.45) is 5.73 Å². The highest BCUT2D eigenvalue weighted by Crippen LogP contribution is 2.27. The number of pyridine rings is 1. The van der Waals surface area contributed by atoms with Gasteiger partial charge in [-0.2, -0.15) is 0 Å². The number of rotatable bonds is 3. The molecule has 0 aliphatic heterocycles. The van der Waals surface area contributed by atoms with E-state index in [1.807, 2.05) is 30.3 Å². The monoisotopic (exact) mass is 300 g/mol. The number of nitrogens with two attached hydrogens (primary N) is 1. The number of hydrogen-bond donors (Lipinski definition) is 1. The van der Waals surface area contributed by atoms with E-state index in [1.165, 1.54) is 6.07 Å². The van der Waals surface area contributed by atoms with Gasteiger partial charge in [0.1, 0.15) is 5.82 Å². The maximum Gasteiger partial charge on any atom is 0.127 e. The first-order chi connectivity index (χ1) is 10.2. The second-order valence-corrected chi connectivity index (χ2v) is 5.34. The number of hydrogen-bond acceptors (Lipinski definition) is 2. The van der Waals surface area contributed by atoms with Gasteiger partial charge in [-0.15, -0.1) is 0 Å². The van der Waals surface area contributed by atoms with Crippen LogP contribution in [0.4, 0.5) is 4.39 Å². The third-order valence-electron chi connectivity index (χ3n) is 3.54. The second-order valence-electron chi connectivity index (χ2n) is 4.93. The van der Waals surface area contributed by atoms with Crippen molar-refractivity contribution in [3.63, 3.8) is 0 Å². The van der Waals surface area contributed by atoms with Crippen molar-refractivity contribution in [3.8, 4) is 0 Å². The highest BCUT2D eigenvalue weighted by molar-refractivity contribution is 6.31. The molecule has 3 aromatic rings. The summed E-state index contributed by atoms with van der Waals surface area (Å²) in [5, 5.41) is 2.45. The smallest absolute Gasteiger partial charge is 0.127 e. The van der Waals surface area contributed by atoms with Crippen LogP contribution < -0.4 is 5.73 Å². The maximum atomic E-state index is 13.9. The molecule has 0 aliphatic rings. The average Bonchev–Trinajstić information content (AvgIpc) is 2.50. The van der Waals surface area contributed by atoms with E-state index >= 15 is 0 Å². The van der Waals surface area contributed by atoms with Crippen molar-refractivity contribution in [3.05, 3.63) is 76.8 Å². The van der Waals surface area contributed by atoms with Crippen LogP contribution in [0.3, 0.4) is 0 Å². The van der Waals surface area contributed by atoms with Gasteiger partial charge in [0.25, 0.3) is 0 Å². The van der Waals surface area contributed by atoms with Gasteiger partial charge in [-0.3, -0.25) is 4.98 Å². The Bertz CT molecular complexity index is 763. The Hall–Kier alpha value is -1.97. The van der Waals surface area contributed by atoms with Crippen LogP contribution >= 0.6 is 11.6 Å². The summed E-state index contributed by atoms with van der Waals surface area (Å²) in [6.07, 6.45) is 2.03. The van der Waals surface area contributed by atoms with Crippen LogP contribution in [0.1, 0.15) is 17.3 Å². The molecule has 0 fully saturated rings. The van der Waals surface area contributed by atoms with Crippen LogP contribution in [0.2, 0.25) is 5.02 Å². The van der Waals surface area contributed by atoms with Crippen molar-refractivity contribution >= 4 is 22.4 Å². The zero-order valence-corrected chi connectivity index (χ0v) is 12.0. The summed E-state index contributed by atoms with van der Waals surface area (Å²) in [5.41, 5.74) is 7.43. The first kappa shape index (κ1) is 14.0. The quantitative estimate of drug-likeness (QED) is 0.784. The van der Waals surface area contributed by atoms with Gasteiger partial charge in [-0.05, 0) is 30.0 Å². The standard InChI is InChI=1S/C17H14ClFN2/c18-14-6-3-7-15(19)13(14)10-16(20)17-12-5-2-1-4-11(12)8-9-21-17/h1-9,16H,10,20H2. The van der Waals surface area contributed by atoms with Gasteiger partial charge in [-0.1, -0.05) is 41.9 Å². The van der Waals surface area contributed by atoms with Crippen molar-refractivity contribution in [1.29, 1.82) is 0 Å². The summed E-state index contributed by atoms with van der Waals surface area (Å²) in [7, 11) is 0. The van der Waals surface area contributed by atoms with E-state index in [9.17, 15) is 4.39 Å².